The Labute approximate surface area is 202 Å². The van der Waals surface area contributed by atoms with Crippen molar-refractivity contribution < 1.29 is 6.16 Å². The van der Waals surface area contributed by atoms with Crippen LogP contribution in [0.3, 0.4) is 0 Å². The van der Waals surface area contributed by atoms with E-state index < -0.39 is 0 Å². The van der Waals surface area contributed by atoms with Gasteiger partial charge in [-0.25, -0.2) is 0 Å². The first-order valence-electron chi connectivity index (χ1n) is 13.6. The average molecular weight is 443 g/mol. The maximum absolute atomic E-state index is 5.80. The molecule has 0 aromatic heterocycles. The topological polar surface area (TPSA) is 9.23 Å². The maximum atomic E-state index is 5.80. The van der Waals surface area contributed by atoms with Crippen LogP contribution in [0.15, 0.2) is 49.1 Å². The van der Waals surface area contributed by atoms with Crippen molar-refractivity contribution in [3.05, 3.63) is 49.1 Å². The molecular weight excluding hydrogens is 388 g/mol. The monoisotopic (exact) mass is 442 g/mol. The largest absolute Gasteiger partial charge is 0.381 e. The number of hydrogen-bond acceptors (Lipinski definition) is 1. The van der Waals surface area contributed by atoms with Gasteiger partial charge in [-0.3, -0.25) is 0 Å². The van der Waals surface area contributed by atoms with Crippen molar-refractivity contribution in [1.29, 1.82) is 0 Å². The molecule has 1 nitrogen and oxygen atoms in total. The van der Waals surface area contributed by atoms with Crippen LogP contribution in [0.5, 0.6) is 0 Å². The number of ether oxygens (including phenoxy) is 1. The van der Waals surface area contributed by atoms with E-state index in [0.29, 0.717) is 16.7 Å². The Bertz CT molecular complexity index is 664. The SMILES string of the molecule is C=C/C=C1/CCC2C(CCC3(C)C(C(=C)CCOCCC=C)CCC23)C1(C)CCC.CC.[HH]. The van der Waals surface area contributed by atoms with Crippen molar-refractivity contribution in [2.45, 2.75) is 98.8 Å². The second-order valence-corrected chi connectivity index (χ2v) is 10.8. The molecule has 0 spiro atoms. The summed E-state index contributed by atoms with van der Waals surface area (Å²) in [6.07, 6.45) is 19.1. The van der Waals surface area contributed by atoms with Crippen LogP contribution in [-0.2, 0) is 4.74 Å². The van der Waals surface area contributed by atoms with E-state index in [2.05, 4.69) is 46.6 Å². The fourth-order valence-corrected chi connectivity index (χ4v) is 7.93. The summed E-state index contributed by atoms with van der Waals surface area (Å²) in [7, 11) is 0. The highest BCUT2D eigenvalue weighted by Gasteiger charge is 2.58. The molecule has 3 aliphatic rings. The molecule has 0 amide bonds. The molecule has 0 aliphatic heterocycles. The van der Waals surface area contributed by atoms with Crippen molar-refractivity contribution in [3.63, 3.8) is 0 Å². The molecule has 0 radical (unpaired) electrons. The summed E-state index contributed by atoms with van der Waals surface area (Å²) in [5.74, 6) is 3.31. The summed E-state index contributed by atoms with van der Waals surface area (Å²) in [5.41, 5.74) is 3.96. The molecule has 3 aliphatic carbocycles. The molecule has 0 N–H and O–H groups in total. The van der Waals surface area contributed by atoms with Gasteiger partial charge in [0.1, 0.15) is 0 Å². The van der Waals surface area contributed by atoms with E-state index in [1.54, 1.807) is 5.57 Å². The summed E-state index contributed by atoms with van der Waals surface area (Å²) in [6.45, 7) is 25.5. The zero-order valence-corrected chi connectivity index (χ0v) is 22.1. The smallest absolute Gasteiger partial charge is 0.0503 e. The van der Waals surface area contributed by atoms with Crippen LogP contribution in [0.4, 0.5) is 0 Å². The number of fused-ring (bicyclic) bond motifs is 3. The molecule has 0 aromatic carbocycles. The van der Waals surface area contributed by atoms with Crippen LogP contribution in [0.1, 0.15) is 100 Å². The number of allylic oxidation sites excluding steroid dienone is 3. The molecule has 0 aromatic rings. The maximum Gasteiger partial charge on any atom is 0.0503 e. The third kappa shape index (κ3) is 5.35. The molecule has 3 saturated carbocycles. The van der Waals surface area contributed by atoms with Gasteiger partial charge >= 0.3 is 0 Å². The van der Waals surface area contributed by atoms with Crippen molar-refractivity contribution in [2.24, 2.45) is 34.5 Å². The molecule has 1 heteroatoms. The number of rotatable bonds is 10. The van der Waals surface area contributed by atoms with E-state index in [0.717, 1.165) is 43.8 Å². The van der Waals surface area contributed by atoms with Crippen LogP contribution in [0.25, 0.3) is 0 Å². The van der Waals surface area contributed by atoms with E-state index in [-0.39, 0.29) is 1.43 Å². The summed E-state index contributed by atoms with van der Waals surface area (Å²) in [4.78, 5) is 0. The lowest BCUT2D eigenvalue weighted by molar-refractivity contribution is -0.0448. The zero-order chi connectivity index (χ0) is 23.8. The Morgan fingerprint density at radius 2 is 1.84 bits per heavy atom. The van der Waals surface area contributed by atoms with E-state index in [9.17, 15) is 0 Å². The Hall–Kier alpha value is -1.08. The Morgan fingerprint density at radius 1 is 1.09 bits per heavy atom. The van der Waals surface area contributed by atoms with Gasteiger partial charge in [0.05, 0.1) is 13.2 Å². The van der Waals surface area contributed by atoms with Gasteiger partial charge in [-0.2, -0.15) is 0 Å². The average Bonchev–Trinajstić information content (AvgIpc) is 3.14. The third-order valence-electron chi connectivity index (χ3n) is 9.35. The van der Waals surface area contributed by atoms with Crippen molar-refractivity contribution >= 4 is 0 Å². The molecule has 3 fully saturated rings. The van der Waals surface area contributed by atoms with E-state index in [1.807, 2.05) is 26.0 Å². The fourth-order valence-electron chi connectivity index (χ4n) is 7.93. The lowest BCUT2D eigenvalue weighted by Crippen LogP contribution is -2.49. The molecule has 0 bridgehead atoms. The van der Waals surface area contributed by atoms with E-state index >= 15 is 0 Å². The fraction of sp³-hybridized carbons (Fsp3) is 0.742. The first-order chi connectivity index (χ1) is 15.4. The summed E-state index contributed by atoms with van der Waals surface area (Å²) >= 11 is 0. The first-order valence-corrected chi connectivity index (χ1v) is 13.6. The second kappa shape index (κ2) is 12.4. The second-order valence-electron chi connectivity index (χ2n) is 10.8. The molecule has 6 atom stereocenters. The summed E-state index contributed by atoms with van der Waals surface area (Å²) < 4.78 is 5.80. The predicted octanol–water partition coefficient (Wildman–Crippen LogP) is 9.57. The van der Waals surface area contributed by atoms with E-state index in [4.69, 9.17) is 4.74 Å². The van der Waals surface area contributed by atoms with Crippen LogP contribution in [-0.4, -0.2) is 13.2 Å². The Balaban J connectivity index is 0.00000177. The normalized spacial score (nSPS) is 37.1. The zero-order valence-electron chi connectivity index (χ0n) is 22.1. The predicted molar refractivity (Wildman–Crippen MR) is 144 cm³/mol. The molecule has 0 heterocycles. The molecule has 6 unspecified atom stereocenters. The minimum atomic E-state index is 0. The number of hydrogen-bond donors (Lipinski definition) is 0. The lowest BCUT2D eigenvalue weighted by Gasteiger charge is -2.57. The van der Waals surface area contributed by atoms with Gasteiger partial charge in [-0.05, 0) is 92.3 Å². The molecule has 0 saturated heterocycles. The Kier molecular flexibility index (Phi) is 10.5. The first kappa shape index (κ1) is 27.2. The van der Waals surface area contributed by atoms with Crippen LogP contribution < -0.4 is 0 Å². The molecular formula is C31H54O. The summed E-state index contributed by atoms with van der Waals surface area (Å²) in [6, 6.07) is 0. The van der Waals surface area contributed by atoms with Crippen LogP contribution >= 0.6 is 0 Å². The standard InChI is InChI=1S/C29H46O.C2H6.H2/c1-7-10-20-30-21-17-22(4)25-14-15-26-24-13-12-23(11-8-2)28(5,18-9-3)27(24)16-19-29(25,26)6;1-2;/h7-8,11,24-27H,1-2,4,9-10,12-21H2,3,5-6H3;1-2H3;1H/b23-11-;;. The highest BCUT2D eigenvalue weighted by Crippen LogP contribution is 2.67. The lowest BCUT2D eigenvalue weighted by atomic mass is 9.47. The quantitative estimate of drug-likeness (QED) is 0.242. The van der Waals surface area contributed by atoms with Gasteiger partial charge in [0.25, 0.3) is 0 Å². The van der Waals surface area contributed by atoms with Gasteiger partial charge in [0.15, 0.2) is 0 Å². The van der Waals surface area contributed by atoms with Gasteiger partial charge in [0, 0.05) is 1.43 Å². The van der Waals surface area contributed by atoms with Gasteiger partial charge < -0.3 is 4.74 Å². The van der Waals surface area contributed by atoms with Crippen LogP contribution in [0, 0.1) is 34.5 Å². The van der Waals surface area contributed by atoms with E-state index in [1.165, 1.54) is 56.9 Å². The van der Waals surface area contributed by atoms with Gasteiger partial charge in [-0.15, -0.1) is 6.58 Å². The third-order valence-corrected chi connectivity index (χ3v) is 9.35. The van der Waals surface area contributed by atoms with Crippen LogP contribution in [0.2, 0.25) is 0 Å². The molecule has 3 rings (SSSR count). The van der Waals surface area contributed by atoms with Crippen molar-refractivity contribution in [1.82, 2.24) is 0 Å². The Morgan fingerprint density at radius 3 is 2.50 bits per heavy atom. The highest BCUT2D eigenvalue weighted by molar-refractivity contribution is 5.26. The van der Waals surface area contributed by atoms with Gasteiger partial charge in [0.2, 0.25) is 0 Å². The molecule has 32 heavy (non-hydrogen) atoms. The van der Waals surface area contributed by atoms with Crippen molar-refractivity contribution in [2.75, 3.05) is 13.2 Å². The minimum absolute atomic E-state index is 0. The summed E-state index contributed by atoms with van der Waals surface area (Å²) in [5, 5.41) is 0. The molecule has 184 valence electrons. The van der Waals surface area contributed by atoms with Gasteiger partial charge in [-0.1, -0.05) is 83.6 Å². The highest BCUT2D eigenvalue weighted by atomic mass is 16.5. The minimum Gasteiger partial charge on any atom is -0.381 e. The van der Waals surface area contributed by atoms with Crippen molar-refractivity contribution in [3.8, 4) is 0 Å².